The van der Waals surface area contributed by atoms with Crippen molar-refractivity contribution in [2.24, 2.45) is 0 Å². The molecule has 0 saturated carbocycles. The average molecular weight is 544 g/mol. The predicted molar refractivity (Wildman–Crippen MR) is 149 cm³/mol. The Balaban J connectivity index is 1.28. The number of hydrogen-bond donors (Lipinski definition) is 0. The van der Waals surface area contributed by atoms with Gasteiger partial charge in [-0.05, 0) is 53.2 Å². The van der Waals surface area contributed by atoms with Crippen LogP contribution in [0, 0.1) is 0 Å². The zero-order chi connectivity index (χ0) is 26.1. The number of sulfonamides is 1. The maximum atomic E-state index is 13.6. The molecule has 3 heterocycles. The van der Waals surface area contributed by atoms with Crippen molar-refractivity contribution in [3.05, 3.63) is 108 Å². The molecule has 0 amide bonds. The fourth-order valence-electron chi connectivity index (χ4n) is 4.49. The zero-order valence-electron chi connectivity index (χ0n) is 20.7. The first-order valence-electron chi connectivity index (χ1n) is 12.1. The maximum Gasteiger partial charge on any atom is 0.243 e. The highest BCUT2D eigenvalue weighted by Gasteiger charge is 2.26. The van der Waals surface area contributed by atoms with Crippen LogP contribution in [-0.4, -0.2) is 35.8 Å². The van der Waals surface area contributed by atoms with E-state index < -0.39 is 10.0 Å². The summed E-state index contributed by atoms with van der Waals surface area (Å²) in [6.07, 6.45) is 4.10. The van der Waals surface area contributed by atoms with Crippen molar-refractivity contribution >= 4 is 37.1 Å². The molecular weight excluding hydrogens is 518 g/mol. The lowest BCUT2D eigenvalue weighted by atomic mass is 10.1. The van der Waals surface area contributed by atoms with E-state index in [2.05, 4.69) is 34.7 Å². The summed E-state index contributed by atoms with van der Waals surface area (Å²) in [5, 5.41) is 4.39. The third-order valence-corrected chi connectivity index (χ3v) is 9.30. The van der Waals surface area contributed by atoms with Gasteiger partial charge in [-0.25, -0.2) is 13.4 Å². The van der Waals surface area contributed by atoms with E-state index in [-0.39, 0.29) is 18.0 Å². The zero-order valence-corrected chi connectivity index (χ0v) is 22.3. The van der Waals surface area contributed by atoms with Gasteiger partial charge in [0.25, 0.3) is 0 Å². The molecule has 0 saturated heterocycles. The van der Waals surface area contributed by atoms with Gasteiger partial charge in [0.05, 0.1) is 30.5 Å². The molecule has 0 aliphatic carbocycles. The number of methoxy groups -OCH3 is 1. The summed E-state index contributed by atoms with van der Waals surface area (Å²) in [4.78, 5) is 5.92. The molecule has 0 aliphatic heterocycles. The van der Waals surface area contributed by atoms with Crippen molar-refractivity contribution in [2.45, 2.75) is 17.9 Å². The molecule has 9 heteroatoms. The Morgan fingerprint density at radius 3 is 2.58 bits per heavy atom. The van der Waals surface area contributed by atoms with Gasteiger partial charge in [0.2, 0.25) is 10.0 Å². The van der Waals surface area contributed by atoms with Crippen LogP contribution in [0.4, 0.5) is 0 Å². The number of ether oxygens (including phenoxy) is 1. The lowest BCUT2D eigenvalue weighted by Crippen LogP contribution is -2.32. The van der Waals surface area contributed by atoms with Gasteiger partial charge in [0.15, 0.2) is 4.96 Å². The van der Waals surface area contributed by atoms with E-state index in [0.717, 1.165) is 21.9 Å². The lowest BCUT2D eigenvalue weighted by Gasteiger charge is -2.21. The Bertz CT molecular complexity index is 1800. The van der Waals surface area contributed by atoms with Crippen LogP contribution in [0.2, 0.25) is 0 Å². The molecule has 0 fully saturated rings. The van der Waals surface area contributed by atoms with Crippen LogP contribution >= 0.6 is 11.3 Å². The Morgan fingerprint density at radius 2 is 1.82 bits per heavy atom. The van der Waals surface area contributed by atoms with E-state index in [1.807, 2.05) is 23.7 Å². The van der Waals surface area contributed by atoms with E-state index in [4.69, 9.17) is 14.1 Å². The van der Waals surface area contributed by atoms with Gasteiger partial charge in [0.1, 0.15) is 11.5 Å². The second-order valence-electron chi connectivity index (χ2n) is 8.91. The molecule has 38 heavy (non-hydrogen) atoms. The third kappa shape index (κ3) is 4.71. The van der Waals surface area contributed by atoms with Crippen molar-refractivity contribution < 1.29 is 17.6 Å². The number of hydrogen-bond acceptors (Lipinski definition) is 6. The summed E-state index contributed by atoms with van der Waals surface area (Å²) in [7, 11) is -2.22. The Morgan fingerprint density at radius 1 is 1.00 bits per heavy atom. The Labute approximate surface area is 224 Å². The number of imidazole rings is 1. The number of thiazole rings is 1. The first kappa shape index (κ1) is 24.4. The quantitative estimate of drug-likeness (QED) is 0.215. The number of aromatic nitrogens is 2. The van der Waals surface area contributed by atoms with Gasteiger partial charge in [0, 0.05) is 35.8 Å². The molecule has 0 N–H and O–H groups in total. The summed E-state index contributed by atoms with van der Waals surface area (Å²) in [6, 6.07) is 24.6. The van der Waals surface area contributed by atoms with E-state index in [1.165, 1.54) is 15.1 Å². The first-order valence-corrected chi connectivity index (χ1v) is 14.4. The molecule has 0 atom stereocenters. The number of benzene rings is 3. The normalized spacial score (nSPS) is 12.1. The molecule has 6 aromatic rings. The number of rotatable bonds is 9. The van der Waals surface area contributed by atoms with Crippen molar-refractivity contribution in [1.82, 2.24) is 13.7 Å². The van der Waals surface area contributed by atoms with Crippen LogP contribution < -0.4 is 4.74 Å². The number of furan rings is 1. The van der Waals surface area contributed by atoms with Crippen molar-refractivity contribution in [3.8, 4) is 17.0 Å². The van der Waals surface area contributed by atoms with Crippen molar-refractivity contribution in [2.75, 3.05) is 13.7 Å². The van der Waals surface area contributed by atoms with Gasteiger partial charge >= 0.3 is 0 Å². The lowest BCUT2D eigenvalue weighted by molar-refractivity contribution is 0.364. The smallest absolute Gasteiger partial charge is 0.243 e. The van der Waals surface area contributed by atoms with E-state index in [0.29, 0.717) is 17.9 Å². The van der Waals surface area contributed by atoms with Gasteiger partial charge in [-0.15, -0.1) is 11.3 Å². The van der Waals surface area contributed by atoms with Gasteiger partial charge in [-0.3, -0.25) is 4.40 Å². The Hall–Kier alpha value is -3.92. The van der Waals surface area contributed by atoms with Crippen LogP contribution in [0.1, 0.15) is 11.5 Å². The van der Waals surface area contributed by atoms with Crippen molar-refractivity contribution in [1.29, 1.82) is 0 Å². The summed E-state index contributed by atoms with van der Waals surface area (Å²) in [5.41, 5.74) is 2.94. The largest absolute Gasteiger partial charge is 0.497 e. The van der Waals surface area contributed by atoms with Crippen molar-refractivity contribution in [3.63, 3.8) is 0 Å². The molecule has 0 bridgehead atoms. The van der Waals surface area contributed by atoms with Gasteiger partial charge < -0.3 is 9.15 Å². The van der Waals surface area contributed by atoms with E-state index >= 15 is 0 Å². The molecule has 0 aliphatic rings. The molecule has 0 radical (unpaired) electrons. The minimum Gasteiger partial charge on any atom is -0.497 e. The SMILES string of the molecule is COc1ccc(S(=O)(=O)N(CCc2csc3nc(-c4ccc5ccccc5c4)cn23)Cc2ccco2)cc1. The van der Waals surface area contributed by atoms with Gasteiger partial charge in [-0.1, -0.05) is 36.4 Å². The highest BCUT2D eigenvalue weighted by atomic mass is 32.2. The minimum absolute atomic E-state index is 0.140. The average Bonchev–Trinajstić information content (AvgIpc) is 3.69. The van der Waals surface area contributed by atoms with Crippen LogP contribution in [0.25, 0.3) is 27.0 Å². The Kier molecular flexibility index (Phi) is 6.49. The molecule has 192 valence electrons. The van der Waals surface area contributed by atoms with E-state index in [1.54, 1.807) is 61.1 Å². The molecule has 0 unspecified atom stereocenters. The van der Waals surface area contributed by atoms with Crippen LogP contribution in [0.5, 0.6) is 5.75 Å². The van der Waals surface area contributed by atoms with E-state index in [9.17, 15) is 8.42 Å². The van der Waals surface area contributed by atoms with Crippen LogP contribution in [0.15, 0.2) is 106 Å². The number of nitrogens with zero attached hydrogens (tertiary/aromatic N) is 3. The third-order valence-electron chi connectivity index (χ3n) is 6.56. The highest BCUT2D eigenvalue weighted by Crippen LogP contribution is 2.28. The second-order valence-corrected chi connectivity index (χ2v) is 11.7. The fraction of sp³-hybridized carbons (Fsp3) is 0.138. The molecule has 6 rings (SSSR count). The van der Waals surface area contributed by atoms with Crippen LogP contribution in [0.3, 0.4) is 0 Å². The highest BCUT2D eigenvalue weighted by molar-refractivity contribution is 7.89. The summed E-state index contributed by atoms with van der Waals surface area (Å²) in [6.45, 7) is 0.422. The standard InChI is InChI=1S/C29H25N3O4S2/c1-35-25-10-12-27(13-11-25)38(33,34)31(18-26-7-4-16-36-26)15-14-24-20-37-29-30-28(19-32(24)29)23-9-8-21-5-2-3-6-22(21)17-23/h2-13,16-17,19-20H,14-15,18H2,1H3. The molecule has 0 spiro atoms. The fourth-order valence-corrected chi connectivity index (χ4v) is 6.81. The van der Waals surface area contributed by atoms with Gasteiger partial charge in [-0.2, -0.15) is 4.31 Å². The topological polar surface area (TPSA) is 77.1 Å². The minimum atomic E-state index is -3.77. The number of fused-ring (bicyclic) bond motifs is 2. The first-order chi connectivity index (χ1) is 18.5. The summed E-state index contributed by atoms with van der Waals surface area (Å²) in [5.74, 6) is 1.18. The monoisotopic (exact) mass is 543 g/mol. The summed E-state index contributed by atoms with van der Waals surface area (Å²) < 4.78 is 41.4. The second kappa shape index (κ2) is 10.1. The maximum absolute atomic E-state index is 13.6. The summed E-state index contributed by atoms with van der Waals surface area (Å²) >= 11 is 1.55. The molecule has 3 aromatic heterocycles. The molecular formula is C29H25N3O4S2. The predicted octanol–water partition coefficient (Wildman–Crippen LogP) is 6.25. The molecule has 7 nitrogen and oxygen atoms in total. The molecule has 3 aromatic carbocycles. The van der Waals surface area contributed by atoms with Crippen LogP contribution in [-0.2, 0) is 23.0 Å².